The van der Waals surface area contributed by atoms with Gasteiger partial charge in [-0.3, -0.25) is 4.68 Å². The van der Waals surface area contributed by atoms with Gasteiger partial charge in [0.05, 0.1) is 21.5 Å². The summed E-state index contributed by atoms with van der Waals surface area (Å²) >= 11 is 3.63. The Morgan fingerprint density at radius 1 is 1.30 bits per heavy atom. The highest BCUT2D eigenvalue weighted by molar-refractivity contribution is 9.10. The van der Waals surface area contributed by atoms with Crippen LogP contribution in [0, 0.1) is 0 Å². The lowest BCUT2D eigenvalue weighted by molar-refractivity contribution is 0.0249. The average molecular weight is 344 g/mol. The van der Waals surface area contributed by atoms with Gasteiger partial charge in [0, 0.05) is 20.1 Å². The number of aromatic nitrogens is 2. The molecule has 1 aliphatic rings. The SMILES string of the molecule is CCc1nn(C)c(CNCC2(O)CCCCCC2)c1Br. The van der Waals surface area contributed by atoms with Crippen LogP contribution in [0.25, 0.3) is 0 Å². The zero-order valence-electron chi connectivity index (χ0n) is 12.6. The smallest absolute Gasteiger partial charge is 0.0771 e. The van der Waals surface area contributed by atoms with E-state index < -0.39 is 5.60 Å². The second kappa shape index (κ2) is 7.05. The maximum Gasteiger partial charge on any atom is 0.0771 e. The van der Waals surface area contributed by atoms with E-state index in [2.05, 4.69) is 33.3 Å². The van der Waals surface area contributed by atoms with E-state index in [-0.39, 0.29) is 0 Å². The highest BCUT2D eigenvalue weighted by Gasteiger charge is 2.27. The van der Waals surface area contributed by atoms with Crippen LogP contribution in [-0.4, -0.2) is 27.0 Å². The highest BCUT2D eigenvalue weighted by atomic mass is 79.9. The summed E-state index contributed by atoms with van der Waals surface area (Å²) in [5.74, 6) is 0. The first-order valence-corrected chi connectivity index (χ1v) is 8.48. The number of nitrogens with zero attached hydrogens (tertiary/aromatic N) is 2. The van der Waals surface area contributed by atoms with Crippen molar-refractivity contribution in [3.8, 4) is 0 Å². The zero-order chi connectivity index (χ0) is 14.6. The van der Waals surface area contributed by atoms with Gasteiger partial charge in [-0.1, -0.05) is 32.6 Å². The van der Waals surface area contributed by atoms with Crippen LogP contribution in [0.5, 0.6) is 0 Å². The predicted molar refractivity (Wildman–Crippen MR) is 84.6 cm³/mol. The summed E-state index contributed by atoms with van der Waals surface area (Å²) in [4.78, 5) is 0. The van der Waals surface area contributed by atoms with Gasteiger partial charge in [-0.05, 0) is 35.2 Å². The quantitative estimate of drug-likeness (QED) is 0.808. The minimum Gasteiger partial charge on any atom is -0.389 e. The number of nitrogens with one attached hydrogen (secondary N) is 1. The monoisotopic (exact) mass is 343 g/mol. The van der Waals surface area contributed by atoms with Crippen LogP contribution < -0.4 is 5.32 Å². The third kappa shape index (κ3) is 3.83. The largest absolute Gasteiger partial charge is 0.389 e. The molecule has 0 atom stereocenters. The lowest BCUT2D eigenvalue weighted by atomic mass is 9.94. The van der Waals surface area contributed by atoms with E-state index in [1.54, 1.807) is 0 Å². The number of halogens is 1. The Kier molecular flexibility index (Phi) is 5.64. The summed E-state index contributed by atoms with van der Waals surface area (Å²) < 4.78 is 3.02. The van der Waals surface area contributed by atoms with Gasteiger partial charge in [0.2, 0.25) is 0 Å². The van der Waals surface area contributed by atoms with E-state index in [1.807, 2.05) is 11.7 Å². The molecule has 1 aliphatic carbocycles. The van der Waals surface area contributed by atoms with Crippen LogP contribution >= 0.6 is 15.9 Å². The predicted octanol–water partition coefficient (Wildman–Crippen LogP) is 2.92. The Morgan fingerprint density at radius 3 is 2.50 bits per heavy atom. The number of hydrogen-bond donors (Lipinski definition) is 2. The topological polar surface area (TPSA) is 50.1 Å². The number of hydrogen-bond acceptors (Lipinski definition) is 3. The Bertz CT molecular complexity index is 437. The van der Waals surface area contributed by atoms with Crippen molar-refractivity contribution in [2.45, 2.75) is 64.0 Å². The Morgan fingerprint density at radius 2 is 1.95 bits per heavy atom. The molecule has 114 valence electrons. The summed E-state index contributed by atoms with van der Waals surface area (Å²) in [5, 5.41) is 18.5. The van der Waals surface area contributed by atoms with Crippen molar-refractivity contribution in [1.29, 1.82) is 0 Å². The summed E-state index contributed by atoms with van der Waals surface area (Å²) in [7, 11) is 1.97. The molecule has 20 heavy (non-hydrogen) atoms. The summed E-state index contributed by atoms with van der Waals surface area (Å²) in [6, 6.07) is 0. The number of aryl methyl sites for hydroxylation is 2. The van der Waals surface area contributed by atoms with Crippen molar-refractivity contribution in [2.75, 3.05) is 6.54 Å². The third-order valence-electron chi connectivity index (χ3n) is 4.28. The maximum atomic E-state index is 10.6. The molecule has 1 saturated carbocycles. The first-order chi connectivity index (χ1) is 9.56. The zero-order valence-corrected chi connectivity index (χ0v) is 14.2. The van der Waals surface area contributed by atoms with Gasteiger partial charge in [-0.2, -0.15) is 5.10 Å². The van der Waals surface area contributed by atoms with Crippen molar-refractivity contribution in [2.24, 2.45) is 7.05 Å². The lowest BCUT2D eigenvalue weighted by Crippen LogP contribution is -2.40. The van der Waals surface area contributed by atoms with Crippen molar-refractivity contribution < 1.29 is 5.11 Å². The molecule has 0 bridgehead atoms. The van der Waals surface area contributed by atoms with E-state index in [4.69, 9.17) is 0 Å². The van der Waals surface area contributed by atoms with Crippen molar-refractivity contribution in [3.05, 3.63) is 15.9 Å². The molecule has 0 spiro atoms. The minimum absolute atomic E-state index is 0.519. The van der Waals surface area contributed by atoms with Gasteiger partial charge < -0.3 is 10.4 Å². The Balaban J connectivity index is 1.90. The second-order valence-electron chi connectivity index (χ2n) is 5.93. The summed E-state index contributed by atoms with van der Waals surface area (Å²) in [6.07, 6.45) is 7.59. The maximum absolute atomic E-state index is 10.6. The molecule has 0 aliphatic heterocycles. The second-order valence-corrected chi connectivity index (χ2v) is 6.72. The van der Waals surface area contributed by atoms with Gasteiger partial charge in [0.1, 0.15) is 0 Å². The summed E-state index contributed by atoms with van der Waals surface area (Å²) in [5.41, 5.74) is 1.73. The Hall–Kier alpha value is -0.390. The molecule has 5 heteroatoms. The van der Waals surface area contributed by atoms with E-state index in [0.717, 1.165) is 54.5 Å². The van der Waals surface area contributed by atoms with Gasteiger partial charge in [-0.25, -0.2) is 0 Å². The molecule has 1 heterocycles. The molecular formula is C15H26BrN3O. The molecule has 2 rings (SSSR count). The molecular weight excluding hydrogens is 318 g/mol. The summed E-state index contributed by atoms with van der Waals surface area (Å²) in [6.45, 7) is 3.52. The molecule has 2 N–H and O–H groups in total. The van der Waals surface area contributed by atoms with E-state index in [9.17, 15) is 5.11 Å². The van der Waals surface area contributed by atoms with Crippen molar-refractivity contribution >= 4 is 15.9 Å². The molecule has 1 fully saturated rings. The van der Waals surface area contributed by atoms with Gasteiger partial charge in [0.25, 0.3) is 0 Å². The number of aliphatic hydroxyl groups is 1. The fraction of sp³-hybridized carbons (Fsp3) is 0.800. The molecule has 0 radical (unpaired) electrons. The van der Waals surface area contributed by atoms with E-state index in [0.29, 0.717) is 6.54 Å². The number of rotatable bonds is 5. The van der Waals surface area contributed by atoms with Gasteiger partial charge in [0.15, 0.2) is 0 Å². The van der Waals surface area contributed by atoms with Crippen molar-refractivity contribution in [1.82, 2.24) is 15.1 Å². The van der Waals surface area contributed by atoms with Gasteiger partial charge >= 0.3 is 0 Å². The molecule has 0 unspecified atom stereocenters. The van der Waals surface area contributed by atoms with Gasteiger partial charge in [-0.15, -0.1) is 0 Å². The van der Waals surface area contributed by atoms with E-state index in [1.165, 1.54) is 12.8 Å². The Labute approximate surface area is 130 Å². The molecule has 1 aromatic heterocycles. The van der Waals surface area contributed by atoms with Crippen LogP contribution in [0.15, 0.2) is 4.47 Å². The molecule has 0 saturated heterocycles. The minimum atomic E-state index is -0.519. The standard InChI is InChI=1S/C15H26BrN3O/c1-3-12-14(16)13(19(2)18-12)10-17-11-15(20)8-6-4-5-7-9-15/h17,20H,3-11H2,1-2H3. The highest BCUT2D eigenvalue weighted by Crippen LogP contribution is 2.27. The fourth-order valence-electron chi connectivity index (χ4n) is 2.99. The average Bonchev–Trinajstić information content (AvgIpc) is 2.59. The van der Waals surface area contributed by atoms with Crippen LogP contribution in [0.1, 0.15) is 56.8 Å². The van der Waals surface area contributed by atoms with Crippen LogP contribution in [0.2, 0.25) is 0 Å². The molecule has 0 aromatic carbocycles. The van der Waals surface area contributed by atoms with E-state index >= 15 is 0 Å². The fourth-order valence-corrected chi connectivity index (χ4v) is 3.75. The van der Waals surface area contributed by atoms with Crippen LogP contribution in [-0.2, 0) is 20.0 Å². The van der Waals surface area contributed by atoms with Crippen LogP contribution in [0.3, 0.4) is 0 Å². The first kappa shape index (κ1) is 16.0. The molecule has 0 amide bonds. The van der Waals surface area contributed by atoms with Crippen LogP contribution in [0.4, 0.5) is 0 Å². The lowest BCUT2D eigenvalue weighted by Gasteiger charge is -2.27. The normalized spacial score (nSPS) is 19.0. The molecule has 1 aromatic rings. The third-order valence-corrected chi connectivity index (χ3v) is 5.20. The first-order valence-electron chi connectivity index (χ1n) is 7.69. The van der Waals surface area contributed by atoms with Crippen molar-refractivity contribution in [3.63, 3.8) is 0 Å². The molecule has 4 nitrogen and oxygen atoms in total.